The van der Waals surface area contributed by atoms with Crippen molar-refractivity contribution in [3.63, 3.8) is 0 Å². The van der Waals surface area contributed by atoms with Crippen molar-refractivity contribution in [1.29, 1.82) is 0 Å². The van der Waals surface area contributed by atoms with Gasteiger partial charge in [0.2, 0.25) is 0 Å². The number of hydrogen-bond donors (Lipinski definition) is 1. The van der Waals surface area contributed by atoms with Gasteiger partial charge in [0, 0.05) is 43.2 Å². The smallest absolute Gasteiger partial charge is 0.319 e. The predicted octanol–water partition coefficient (Wildman–Crippen LogP) is 6.57. The fraction of sp³-hybridized carbons (Fsp3) is 0.588. The zero-order valence-electron chi connectivity index (χ0n) is 25.6. The summed E-state index contributed by atoms with van der Waals surface area (Å²) in [5, 5.41) is 8.68. The number of piperidine rings is 1. The van der Waals surface area contributed by atoms with Crippen LogP contribution in [0.15, 0.2) is 18.5 Å². The molecule has 6 heterocycles. The lowest BCUT2D eigenvalue weighted by molar-refractivity contribution is 0.0132. The molecule has 3 aromatic heterocycles. The number of hydrogen-bond acceptors (Lipinski definition) is 7. The van der Waals surface area contributed by atoms with Crippen molar-refractivity contribution in [2.45, 2.75) is 88.5 Å². The van der Waals surface area contributed by atoms with E-state index >= 15 is 4.39 Å². The second-order valence-corrected chi connectivity index (χ2v) is 14.5. The molecule has 3 saturated heterocycles. The normalized spacial score (nSPS) is 30.0. The zero-order chi connectivity index (χ0) is 30.5. The second kappa shape index (κ2) is 10.0. The minimum atomic E-state index is -0.880. The number of anilines is 1. The van der Waals surface area contributed by atoms with Gasteiger partial charge in [0.05, 0.1) is 22.6 Å². The molecule has 0 bridgehead atoms. The minimum absolute atomic E-state index is 0.0845. The van der Waals surface area contributed by atoms with Crippen molar-refractivity contribution in [1.82, 2.24) is 30.0 Å². The van der Waals surface area contributed by atoms with Crippen LogP contribution in [-0.2, 0) is 0 Å². The van der Waals surface area contributed by atoms with Crippen LogP contribution < -0.4 is 9.64 Å². The van der Waals surface area contributed by atoms with Gasteiger partial charge in [0.25, 0.3) is 0 Å². The van der Waals surface area contributed by atoms with E-state index < -0.39 is 18.2 Å². The Kier molecular flexibility index (Phi) is 6.19. The number of nitrogens with zero attached hydrogens (tertiary/aromatic N) is 6. The van der Waals surface area contributed by atoms with E-state index in [2.05, 4.69) is 33.0 Å². The standard InChI is InChI=1S/C34H38F3N7O/c1-19-10-25-23(15-39-42-25)27(26(19)20-4-5-20)30-28(37)29-24(14-38-30)31(43-8-2-6-33(17-43)11-21(35)12-33)41-32(40-29)45-18-34-7-3-9-44(34)16-22(36)13-34/h10,14-15,20-22H,2-9,11-13,16-18H2,1H3,(H,39,42)/t21?,22-,33?,34+/m1/s1. The average molecular weight is 618 g/mol. The molecule has 2 atom stereocenters. The quantitative estimate of drug-likeness (QED) is 0.262. The average Bonchev–Trinajstić information content (AvgIpc) is 3.47. The maximum atomic E-state index is 17.0. The van der Waals surface area contributed by atoms with E-state index in [0.29, 0.717) is 49.5 Å². The molecule has 3 aliphatic heterocycles. The van der Waals surface area contributed by atoms with E-state index in [0.717, 1.165) is 79.2 Å². The SMILES string of the molecule is Cc1cc2[nH]ncc2c(-c2ncc3c(N4CCCC5(CC(F)C5)C4)nc(OC[C@@]45CCCN4C[C@H](F)C5)nc3c2F)c1C1CC1. The largest absolute Gasteiger partial charge is 0.461 e. The lowest BCUT2D eigenvalue weighted by atomic mass is 9.63. The molecule has 9 rings (SSSR count). The van der Waals surface area contributed by atoms with Crippen LogP contribution in [0.4, 0.5) is 19.0 Å². The molecule has 1 aromatic carbocycles. The summed E-state index contributed by atoms with van der Waals surface area (Å²) in [7, 11) is 0. The maximum Gasteiger partial charge on any atom is 0.319 e. The first-order valence-corrected chi connectivity index (χ1v) is 16.6. The Balaban J connectivity index is 1.18. The highest BCUT2D eigenvalue weighted by atomic mass is 19.1. The minimum Gasteiger partial charge on any atom is -0.461 e. The third kappa shape index (κ3) is 4.43. The Hall–Kier alpha value is -3.47. The summed E-state index contributed by atoms with van der Waals surface area (Å²) in [6, 6.07) is 2.17. The molecule has 1 spiro atoms. The van der Waals surface area contributed by atoms with Crippen molar-refractivity contribution in [2.75, 3.05) is 37.7 Å². The Morgan fingerprint density at radius 2 is 1.87 bits per heavy atom. The van der Waals surface area contributed by atoms with E-state index in [4.69, 9.17) is 19.7 Å². The molecule has 8 nitrogen and oxygen atoms in total. The Bertz CT molecular complexity index is 1810. The van der Waals surface area contributed by atoms with E-state index in [9.17, 15) is 8.78 Å². The topological polar surface area (TPSA) is 83.1 Å². The van der Waals surface area contributed by atoms with Crippen molar-refractivity contribution in [2.24, 2.45) is 5.41 Å². The van der Waals surface area contributed by atoms with E-state index in [1.807, 2.05) is 0 Å². The number of aromatic amines is 1. The number of pyridine rings is 1. The fourth-order valence-electron chi connectivity index (χ4n) is 9.15. The number of benzene rings is 1. The molecule has 11 heteroatoms. The van der Waals surface area contributed by atoms with Gasteiger partial charge in [-0.15, -0.1) is 0 Å². The Labute approximate surface area is 259 Å². The zero-order valence-corrected chi connectivity index (χ0v) is 25.6. The summed E-state index contributed by atoms with van der Waals surface area (Å²) >= 11 is 0. The van der Waals surface area contributed by atoms with Gasteiger partial charge >= 0.3 is 6.01 Å². The number of H-pyrrole nitrogens is 1. The number of alkyl halides is 2. The molecule has 5 fully saturated rings. The van der Waals surface area contributed by atoms with Crippen LogP contribution in [0.5, 0.6) is 6.01 Å². The van der Waals surface area contributed by atoms with Crippen LogP contribution in [0, 0.1) is 18.2 Å². The monoisotopic (exact) mass is 617 g/mol. The molecular weight excluding hydrogens is 579 g/mol. The number of aromatic nitrogens is 5. The van der Waals surface area contributed by atoms with Crippen LogP contribution in [-0.4, -0.2) is 80.7 Å². The molecule has 0 amide bonds. The maximum absolute atomic E-state index is 17.0. The molecule has 1 N–H and O–H groups in total. The first kappa shape index (κ1) is 27.8. The number of nitrogens with one attached hydrogen (secondary N) is 1. The van der Waals surface area contributed by atoms with Gasteiger partial charge in [-0.05, 0) is 93.4 Å². The summed E-state index contributed by atoms with van der Waals surface area (Å²) in [5.74, 6) is 0.423. The molecule has 2 saturated carbocycles. The van der Waals surface area contributed by atoms with E-state index in [-0.39, 0.29) is 34.8 Å². The fourth-order valence-corrected chi connectivity index (χ4v) is 9.15. The van der Waals surface area contributed by atoms with Gasteiger partial charge in [-0.3, -0.25) is 15.0 Å². The number of aryl methyl sites for hydroxylation is 1. The number of rotatable bonds is 6. The lowest BCUT2D eigenvalue weighted by Crippen LogP contribution is -2.51. The molecule has 0 radical (unpaired) electrons. The first-order valence-electron chi connectivity index (χ1n) is 16.6. The van der Waals surface area contributed by atoms with E-state index in [1.165, 1.54) is 0 Å². The summed E-state index contributed by atoms with van der Waals surface area (Å²) in [6.45, 7) is 4.98. The molecule has 45 heavy (non-hydrogen) atoms. The lowest BCUT2D eigenvalue weighted by Gasteiger charge is -2.50. The number of halogens is 3. The summed E-state index contributed by atoms with van der Waals surface area (Å²) in [6.07, 6.45) is 9.18. The molecule has 4 aromatic rings. The molecule has 236 valence electrons. The van der Waals surface area contributed by atoms with Crippen LogP contribution in [0.25, 0.3) is 33.1 Å². The Morgan fingerprint density at radius 1 is 1.02 bits per heavy atom. The van der Waals surface area contributed by atoms with Crippen LogP contribution in [0.1, 0.15) is 74.8 Å². The summed E-state index contributed by atoms with van der Waals surface area (Å²) < 4.78 is 52.0. The van der Waals surface area contributed by atoms with Crippen molar-refractivity contribution >= 4 is 27.6 Å². The highest BCUT2D eigenvalue weighted by Gasteiger charge is 2.50. The van der Waals surface area contributed by atoms with E-state index in [1.54, 1.807) is 12.4 Å². The van der Waals surface area contributed by atoms with Crippen LogP contribution in [0.3, 0.4) is 0 Å². The summed E-state index contributed by atoms with van der Waals surface area (Å²) in [5.41, 5.74) is 3.76. The van der Waals surface area contributed by atoms with Gasteiger partial charge in [-0.1, -0.05) is 0 Å². The van der Waals surface area contributed by atoms with Gasteiger partial charge in [-0.2, -0.15) is 15.1 Å². The van der Waals surface area contributed by atoms with Crippen molar-refractivity contribution in [3.8, 4) is 17.3 Å². The molecule has 0 unspecified atom stereocenters. The van der Waals surface area contributed by atoms with Crippen molar-refractivity contribution in [3.05, 3.63) is 35.4 Å². The Morgan fingerprint density at radius 3 is 2.69 bits per heavy atom. The second-order valence-electron chi connectivity index (χ2n) is 14.5. The molecular formula is C34H38F3N7O. The highest BCUT2D eigenvalue weighted by Crippen LogP contribution is 2.51. The van der Waals surface area contributed by atoms with Gasteiger partial charge < -0.3 is 9.64 Å². The number of fused-ring (bicyclic) bond motifs is 3. The van der Waals surface area contributed by atoms with Gasteiger partial charge in [0.1, 0.15) is 36.0 Å². The van der Waals surface area contributed by atoms with Crippen LogP contribution in [0.2, 0.25) is 0 Å². The first-order chi connectivity index (χ1) is 21.8. The molecule has 5 aliphatic rings. The van der Waals surface area contributed by atoms with Crippen LogP contribution >= 0.6 is 0 Å². The summed E-state index contributed by atoms with van der Waals surface area (Å²) in [4.78, 5) is 18.7. The van der Waals surface area contributed by atoms with Gasteiger partial charge in [-0.25, -0.2) is 13.2 Å². The van der Waals surface area contributed by atoms with Crippen molar-refractivity contribution < 1.29 is 17.9 Å². The third-order valence-corrected chi connectivity index (χ3v) is 11.4. The number of ether oxygens (including phenoxy) is 1. The predicted molar refractivity (Wildman–Crippen MR) is 166 cm³/mol. The third-order valence-electron chi connectivity index (χ3n) is 11.4. The highest BCUT2D eigenvalue weighted by molar-refractivity contribution is 5.99. The molecule has 2 aliphatic carbocycles. The van der Waals surface area contributed by atoms with Gasteiger partial charge in [0.15, 0.2) is 5.82 Å².